The van der Waals surface area contributed by atoms with Crippen LogP contribution in [0.15, 0.2) is 0 Å². The van der Waals surface area contributed by atoms with E-state index in [1.165, 1.54) is 0 Å². The largest absolute Gasteiger partial charge is 0.299 e. The summed E-state index contributed by atoms with van der Waals surface area (Å²) < 4.78 is 0. The molecule has 0 radical (unpaired) electrons. The Morgan fingerprint density at radius 3 is 3.00 bits per heavy atom. The molecular formula is C10H15NO. The van der Waals surface area contributed by atoms with Crippen LogP contribution in [-0.4, -0.2) is 18.9 Å². The van der Waals surface area contributed by atoms with E-state index in [0.29, 0.717) is 18.9 Å². The second-order valence-corrected chi connectivity index (χ2v) is 3.06. The monoisotopic (exact) mass is 165 g/mol. The first-order valence-corrected chi connectivity index (χ1v) is 4.58. The van der Waals surface area contributed by atoms with Crippen molar-refractivity contribution in [1.82, 2.24) is 5.32 Å². The lowest BCUT2D eigenvalue weighted by Crippen LogP contribution is -2.22. The van der Waals surface area contributed by atoms with Gasteiger partial charge in [-0.1, -0.05) is 12.3 Å². The molecule has 0 aromatic rings. The normalized spacial score (nSPS) is 20.5. The molecule has 1 heterocycles. The van der Waals surface area contributed by atoms with Crippen LogP contribution in [-0.2, 0) is 4.79 Å². The van der Waals surface area contributed by atoms with Crippen LogP contribution in [0.25, 0.3) is 0 Å². The molecule has 0 atom stereocenters. The molecule has 0 fully saturated rings. The highest BCUT2D eigenvalue weighted by atomic mass is 16.1. The summed E-state index contributed by atoms with van der Waals surface area (Å²) in [6, 6.07) is 0. The Hall–Kier alpha value is -0.810. The van der Waals surface area contributed by atoms with Crippen molar-refractivity contribution < 1.29 is 4.79 Å². The number of rotatable bonds is 0. The van der Waals surface area contributed by atoms with Gasteiger partial charge < -0.3 is 0 Å². The van der Waals surface area contributed by atoms with Crippen molar-refractivity contribution in [2.75, 3.05) is 13.1 Å². The maximum Gasteiger partial charge on any atom is 0.146 e. The van der Waals surface area contributed by atoms with Crippen molar-refractivity contribution in [3.05, 3.63) is 0 Å². The number of hydrogen-bond acceptors (Lipinski definition) is 2. The van der Waals surface area contributed by atoms with Crippen LogP contribution in [0.4, 0.5) is 0 Å². The number of carbonyl (C=O) groups is 1. The number of Topliss-reactive ketones (excluding diaryl/α,β-unsaturated/α-hetero) is 1. The van der Waals surface area contributed by atoms with Crippen LogP contribution < -0.4 is 5.32 Å². The van der Waals surface area contributed by atoms with Crippen LogP contribution in [0, 0.1) is 11.8 Å². The van der Waals surface area contributed by atoms with Crippen molar-refractivity contribution in [3.8, 4) is 11.8 Å². The number of ketones is 1. The molecule has 0 unspecified atom stereocenters. The van der Waals surface area contributed by atoms with E-state index in [1.54, 1.807) is 0 Å². The van der Waals surface area contributed by atoms with Crippen LogP contribution in [0.1, 0.15) is 32.1 Å². The van der Waals surface area contributed by atoms with Gasteiger partial charge in [0, 0.05) is 12.8 Å². The molecule has 0 saturated heterocycles. The second-order valence-electron chi connectivity index (χ2n) is 3.06. The van der Waals surface area contributed by atoms with Gasteiger partial charge in [-0.15, -0.1) is 5.92 Å². The highest BCUT2D eigenvalue weighted by molar-refractivity contribution is 5.80. The Balaban J connectivity index is 2.29. The van der Waals surface area contributed by atoms with E-state index in [2.05, 4.69) is 17.2 Å². The molecule has 0 saturated carbocycles. The van der Waals surface area contributed by atoms with Crippen LogP contribution in [0.5, 0.6) is 0 Å². The van der Waals surface area contributed by atoms with Crippen molar-refractivity contribution in [2.24, 2.45) is 0 Å². The lowest BCUT2D eigenvalue weighted by Gasteiger charge is -1.99. The van der Waals surface area contributed by atoms with Gasteiger partial charge in [-0.3, -0.25) is 10.1 Å². The number of hydrogen-bond donors (Lipinski definition) is 1. The van der Waals surface area contributed by atoms with Crippen LogP contribution in [0.3, 0.4) is 0 Å². The number of nitrogens with one attached hydrogen (secondary N) is 1. The van der Waals surface area contributed by atoms with Crippen molar-refractivity contribution in [2.45, 2.75) is 32.1 Å². The Kier molecular flexibility index (Phi) is 4.48. The minimum atomic E-state index is 0.318. The minimum Gasteiger partial charge on any atom is -0.299 e. The van der Waals surface area contributed by atoms with Gasteiger partial charge in [-0.05, 0) is 12.8 Å². The predicted octanol–water partition coefficient (Wildman–Crippen LogP) is 1.11. The smallest absolute Gasteiger partial charge is 0.146 e. The summed E-state index contributed by atoms with van der Waals surface area (Å²) in [7, 11) is 0. The average molecular weight is 165 g/mol. The lowest BCUT2D eigenvalue weighted by molar-refractivity contribution is -0.118. The fourth-order valence-electron chi connectivity index (χ4n) is 1.22. The second kappa shape index (κ2) is 5.79. The van der Waals surface area contributed by atoms with Crippen LogP contribution in [0.2, 0.25) is 0 Å². The quantitative estimate of drug-likeness (QED) is 0.545. The van der Waals surface area contributed by atoms with Gasteiger partial charge in [0.05, 0.1) is 13.1 Å². The lowest BCUT2D eigenvalue weighted by atomic mass is 10.1. The topological polar surface area (TPSA) is 29.1 Å². The fraction of sp³-hybridized carbons (Fsp3) is 0.700. The molecule has 0 bridgehead atoms. The highest BCUT2D eigenvalue weighted by Crippen LogP contribution is 2.02. The molecule has 0 aromatic carbocycles. The molecule has 2 heteroatoms. The molecule has 2 nitrogen and oxygen atoms in total. The molecule has 1 aliphatic heterocycles. The van der Waals surface area contributed by atoms with Crippen molar-refractivity contribution in [3.63, 3.8) is 0 Å². The zero-order valence-corrected chi connectivity index (χ0v) is 7.36. The standard InChI is InChI=1S/C10H15NO/c12-10-7-5-3-1-2-4-6-8-11-9-10/h11H,1-3,5,7-9H2. The molecule has 0 aromatic heterocycles. The maximum atomic E-state index is 11.1. The minimum absolute atomic E-state index is 0.318. The molecule has 1 aliphatic rings. The summed E-state index contributed by atoms with van der Waals surface area (Å²) in [5, 5.41) is 3.01. The Morgan fingerprint density at radius 2 is 2.08 bits per heavy atom. The Bertz CT molecular complexity index is 200. The number of carbonyl (C=O) groups excluding carboxylic acids is 1. The van der Waals surface area contributed by atoms with Gasteiger partial charge in [0.25, 0.3) is 0 Å². The first-order valence-electron chi connectivity index (χ1n) is 4.58. The van der Waals surface area contributed by atoms with Crippen molar-refractivity contribution in [1.29, 1.82) is 0 Å². The van der Waals surface area contributed by atoms with Gasteiger partial charge in [0.15, 0.2) is 0 Å². The average Bonchev–Trinajstić information content (AvgIpc) is 2.11. The predicted molar refractivity (Wildman–Crippen MR) is 48.7 cm³/mol. The SMILES string of the molecule is O=C1CCCCCC#CCNC1. The van der Waals surface area contributed by atoms with E-state index in [4.69, 9.17) is 0 Å². The molecule has 0 spiro atoms. The highest BCUT2D eigenvalue weighted by Gasteiger charge is 2.00. The van der Waals surface area contributed by atoms with Crippen LogP contribution >= 0.6 is 0 Å². The Labute approximate surface area is 73.7 Å². The summed E-state index contributed by atoms with van der Waals surface area (Å²) in [6.07, 6.45) is 5.02. The molecule has 0 aliphatic carbocycles. The third-order valence-corrected chi connectivity index (χ3v) is 1.92. The third-order valence-electron chi connectivity index (χ3n) is 1.92. The van der Waals surface area contributed by atoms with E-state index in [-0.39, 0.29) is 0 Å². The summed E-state index contributed by atoms with van der Waals surface area (Å²) in [5.74, 6) is 6.38. The summed E-state index contributed by atoms with van der Waals surface area (Å²) in [4.78, 5) is 11.1. The molecule has 12 heavy (non-hydrogen) atoms. The zero-order valence-electron chi connectivity index (χ0n) is 7.36. The Morgan fingerprint density at radius 1 is 1.17 bits per heavy atom. The van der Waals surface area contributed by atoms with E-state index >= 15 is 0 Å². The first kappa shape index (κ1) is 9.28. The maximum absolute atomic E-state index is 11.1. The third kappa shape index (κ3) is 4.15. The fourth-order valence-corrected chi connectivity index (χ4v) is 1.22. The zero-order chi connectivity index (χ0) is 8.65. The van der Waals surface area contributed by atoms with Gasteiger partial charge in [0.1, 0.15) is 5.78 Å². The molecule has 1 rings (SSSR count). The van der Waals surface area contributed by atoms with E-state index in [0.717, 1.165) is 32.1 Å². The first-order chi connectivity index (χ1) is 5.89. The summed E-state index contributed by atoms with van der Waals surface area (Å²) in [5.41, 5.74) is 0. The summed E-state index contributed by atoms with van der Waals surface area (Å²) >= 11 is 0. The van der Waals surface area contributed by atoms with E-state index in [1.807, 2.05) is 0 Å². The molecule has 66 valence electrons. The molecule has 1 N–H and O–H groups in total. The summed E-state index contributed by atoms with van der Waals surface area (Å²) in [6.45, 7) is 1.15. The van der Waals surface area contributed by atoms with Gasteiger partial charge in [-0.25, -0.2) is 0 Å². The van der Waals surface area contributed by atoms with E-state index < -0.39 is 0 Å². The van der Waals surface area contributed by atoms with Gasteiger partial charge in [-0.2, -0.15) is 0 Å². The van der Waals surface area contributed by atoms with Crippen molar-refractivity contribution >= 4 is 5.78 Å². The van der Waals surface area contributed by atoms with E-state index in [9.17, 15) is 4.79 Å². The molecular weight excluding hydrogens is 150 g/mol. The van der Waals surface area contributed by atoms with Gasteiger partial charge in [0.2, 0.25) is 0 Å². The van der Waals surface area contributed by atoms with Gasteiger partial charge >= 0.3 is 0 Å². The molecule has 0 amide bonds.